The minimum absolute atomic E-state index is 0.0442. The first-order chi connectivity index (χ1) is 8.65. The third-order valence-electron chi connectivity index (χ3n) is 4.11. The van der Waals surface area contributed by atoms with E-state index in [-0.39, 0.29) is 12.0 Å². The van der Waals surface area contributed by atoms with Crippen molar-refractivity contribution in [1.29, 1.82) is 0 Å². The monoisotopic (exact) mass is 249 g/mol. The van der Waals surface area contributed by atoms with E-state index >= 15 is 0 Å². The average Bonchev–Trinajstić information content (AvgIpc) is 2.39. The van der Waals surface area contributed by atoms with Crippen molar-refractivity contribution in [2.75, 3.05) is 18.5 Å². The zero-order valence-corrected chi connectivity index (χ0v) is 11.1. The Kier molecular flexibility index (Phi) is 4.12. The van der Waals surface area contributed by atoms with Crippen molar-refractivity contribution in [2.45, 2.75) is 39.0 Å². The van der Waals surface area contributed by atoms with E-state index in [4.69, 9.17) is 0 Å². The highest BCUT2D eigenvalue weighted by atomic mass is 16.3. The standard InChI is InChI=1S/C15H23NO2/c1-12-9-13(18)5-6-14(12)16-10-15(11-17)7-3-2-4-8-15/h5-6,9,16-18H,2-4,7-8,10-11H2,1H3. The first-order valence-corrected chi connectivity index (χ1v) is 6.80. The third-order valence-corrected chi connectivity index (χ3v) is 4.11. The molecule has 100 valence electrons. The summed E-state index contributed by atoms with van der Waals surface area (Å²) in [4.78, 5) is 0. The summed E-state index contributed by atoms with van der Waals surface area (Å²) in [6.07, 6.45) is 5.94. The summed E-state index contributed by atoms with van der Waals surface area (Å²) < 4.78 is 0. The van der Waals surface area contributed by atoms with Crippen LogP contribution in [-0.2, 0) is 0 Å². The van der Waals surface area contributed by atoms with Gasteiger partial charge in [0.1, 0.15) is 5.75 Å². The number of nitrogens with one attached hydrogen (secondary N) is 1. The number of aliphatic hydroxyl groups is 1. The Morgan fingerprint density at radius 3 is 2.56 bits per heavy atom. The maximum atomic E-state index is 9.65. The zero-order chi connectivity index (χ0) is 13.0. The van der Waals surface area contributed by atoms with E-state index in [1.165, 1.54) is 19.3 Å². The van der Waals surface area contributed by atoms with Gasteiger partial charge in [0, 0.05) is 17.6 Å². The molecule has 1 aromatic carbocycles. The lowest BCUT2D eigenvalue weighted by Crippen LogP contribution is -2.35. The van der Waals surface area contributed by atoms with Gasteiger partial charge in [0.05, 0.1) is 6.61 Å². The van der Waals surface area contributed by atoms with E-state index in [2.05, 4.69) is 5.32 Å². The molecule has 1 saturated carbocycles. The van der Waals surface area contributed by atoms with E-state index in [1.807, 2.05) is 13.0 Å². The van der Waals surface area contributed by atoms with Gasteiger partial charge in [-0.2, -0.15) is 0 Å². The fourth-order valence-electron chi connectivity index (χ4n) is 2.82. The highest BCUT2D eigenvalue weighted by molar-refractivity contribution is 5.53. The molecule has 1 fully saturated rings. The molecular formula is C15H23NO2. The predicted molar refractivity (Wildman–Crippen MR) is 73.9 cm³/mol. The molecule has 1 aliphatic rings. The predicted octanol–water partition coefficient (Wildman–Crippen LogP) is 3.06. The molecule has 0 amide bonds. The lowest BCUT2D eigenvalue weighted by Gasteiger charge is -2.36. The van der Waals surface area contributed by atoms with Gasteiger partial charge in [-0.25, -0.2) is 0 Å². The van der Waals surface area contributed by atoms with Crippen LogP contribution in [0.1, 0.15) is 37.7 Å². The van der Waals surface area contributed by atoms with E-state index in [1.54, 1.807) is 12.1 Å². The van der Waals surface area contributed by atoms with Gasteiger partial charge in [0.15, 0.2) is 0 Å². The fourth-order valence-corrected chi connectivity index (χ4v) is 2.82. The number of rotatable bonds is 4. The van der Waals surface area contributed by atoms with E-state index in [0.717, 1.165) is 30.6 Å². The minimum atomic E-state index is 0.0442. The largest absolute Gasteiger partial charge is 0.508 e. The molecule has 0 atom stereocenters. The summed E-state index contributed by atoms with van der Waals surface area (Å²) in [7, 11) is 0. The molecule has 0 heterocycles. The first kappa shape index (κ1) is 13.2. The van der Waals surface area contributed by atoms with Gasteiger partial charge >= 0.3 is 0 Å². The molecule has 18 heavy (non-hydrogen) atoms. The van der Waals surface area contributed by atoms with Crippen LogP contribution >= 0.6 is 0 Å². The molecule has 3 heteroatoms. The van der Waals surface area contributed by atoms with Crippen LogP contribution in [0.15, 0.2) is 18.2 Å². The van der Waals surface area contributed by atoms with Crippen molar-refractivity contribution in [3.63, 3.8) is 0 Å². The van der Waals surface area contributed by atoms with Crippen LogP contribution in [0.3, 0.4) is 0 Å². The maximum Gasteiger partial charge on any atom is 0.115 e. The number of aromatic hydroxyl groups is 1. The Labute approximate surface area is 109 Å². The van der Waals surface area contributed by atoms with Gasteiger partial charge in [-0.05, 0) is 43.5 Å². The van der Waals surface area contributed by atoms with Crippen molar-refractivity contribution in [2.24, 2.45) is 5.41 Å². The summed E-state index contributed by atoms with van der Waals surface area (Å²) >= 11 is 0. The first-order valence-electron chi connectivity index (χ1n) is 6.80. The molecule has 2 rings (SSSR count). The van der Waals surface area contributed by atoms with Crippen LogP contribution < -0.4 is 5.32 Å². The fraction of sp³-hybridized carbons (Fsp3) is 0.600. The van der Waals surface area contributed by atoms with Crippen molar-refractivity contribution >= 4 is 5.69 Å². The molecule has 0 spiro atoms. The van der Waals surface area contributed by atoms with Crippen LogP contribution in [0.2, 0.25) is 0 Å². The van der Waals surface area contributed by atoms with Crippen molar-refractivity contribution < 1.29 is 10.2 Å². The number of aryl methyl sites for hydroxylation is 1. The molecule has 0 aliphatic heterocycles. The van der Waals surface area contributed by atoms with Gasteiger partial charge < -0.3 is 15.5 Å². The van der Waals surface area contributed by atoms with Gasteiger partial charge in [-0.15, -0.1) is 0 Å². The second-order valence-corrected chi connectivity index (χ2v) is 5.57. The summed E-state index contributed by atoms with van der Waals surface area (Å²) in [6, 6.07) is 5.36. The topological polar surface area (TPSA) is 52.5 Å². The Hall–Kier alpha value is -1.22. The third kappa shape index (κ3) is 2.96. The SMILES string of the molecule is Cc1cc(O)ccc1NCC1(CO)CCCCC1. The summed E-state index contributed by atoms with van der Waals surface area (Å²) in [5, 5.41) is 22.5. The smallest absolute Gasteiger partial charge is 0.115 e. The average molecular weight is 249 g/mol. The molecule has 3 nitrogen and oxygen atoms in total. The van der Waals surface area contributed by atoms with E-state index in [9.17, 15) is 10.2 Å². The Morgan fingerprint density at radius 1 is 1.22 bits per heavy atom. The number of benzene rings is 1. The van der Waals surface area contributed by atoms with Gasteiger partial charge in [0.25, 0.3) is 0 Å². The summed E-state index contributed by atoms with van der Waals surface area (Å²) in [5.41, 5.74) is 2.13. The number of aliphatic hydroxyl groups excluding tert-OH is 1. The molecule has 1 aliphatic carbocycles. The van der Waals surface area contributed by atoms with Gasteiger partial charge in [-0.1, -0.05) is 19.3 Å². The van der Waals surface area contributed by atoms with E-state index in [0.29, 0.717) is 5.75 Å². The minimum Gasteiger partial charge on any atom is -0.508 e. The van der Waals surface area contributed by atoms with Gasteiger partial charge in [-0.3, -0.25) is 0 Å². The Bertz CT molecular complexity index is 397. The Balaban J connectivity index is 2.01. The normalized spacial score (nSPS) is 18.6. The summed E-state index contributed by atoms with van der Waals surface area (Å²) in [5.74, 6) is 0.299. The molecular weight excluding hydrogens is 226 g/mol. The number of hydrogen-bond donors (Lipinski definition) is 3. The van der Waals surface area contributed by atoms with Crippen LogP contribution in [0.4, 0.5) is 5.69 Å². The zero-order valence-electron chi connectivity index (χ0n) is 11.1. The number of phenols is 1. The molecule has 0 saturated heterocycles. The second kappa shape index (κ2) is 5.61. The second-order valence-electron chi connectivity index (χ2n) is 5.57. The Morgan fingerprint density at radius 2 is 1.94 bits per heavy atom. The molecule has 0 unspecified atom stereocenters. The molecule has 0 aromatic heterocycles. The van der Waals surface area contributed by atoms with Crippen LogP contribution in [-0.4, -0.2) is 23.4 Å². The number of phenolic OH excluding ortho intramolecular Hbond substituents is 1. The molecule has 0 bridgehead atoms. The van der Waals surface area contributed by atoms with Crippen molar-refractivity contribution in [3.05, 3.63) is 23.8 Å². The van der Waals surface area contributed by atoms with Crippen molar-refractivity contribution in [1.82, 2.24) is 0 Å². The van der Waals surface area contributed by atoms with Crippen LogP contribution in [0.25, 0.3) is 0 Å². The molecule has 0 radical (unpaired) electrons. The van der Waals surface area contributed by atoms with Crippen LogP contribution in [0.5, 0.6) is 5.75 Å². The number of hydrogen-bond acceptors (Lipinski definition) is 3. The van der Waals surface area contributed by atoms with E-state index < -0.39 is 0 Å². The molecule has 1 aromatic rings. The van der Waals surface area contributed by atoms with Crippen LogP contribution in [0, 0.1) is 12.3 Å². The highest BCUT2D eigenvalue weighted by Crippen LogP contribution is 2.36. The van der Waals surface area contributed by atoms with Gasteiger partial charge in [0.2, 0.25) is 0 Å². The molecule has 3 N–H and O–H groups in total. The lowest BCUT2D eigenvalue weighted by atomic mass is 9.74. The van der Waals surface area contributed by atoms with Crippen molar-refractivity contribution in [3.8, 4) is 5.75 Å². The maximum absolute atomic E-state index is 9.65. The highest BCUT2D eigenvalue weighted by Gasteiger charge is 2.31. The quantitative estimate of drug-likeness (QED) is 0.719. The number of anilines is 1. The lowest BCUT2D eigenvalue weighted by molar-refractivity contribution is 0.0944. The summed E-state index contributed by atoms with van der Waals surface area (Å²) in [6.45, 7) is 3.06.